The van der Waals surface area contributed by atoms with Crippen molar-refractivity contribution >= 4 is 33.1 Å². The lowest BCUT2D eigenvalue weighted by Crippen LogP contribution is -2.38. The minimum absolute atomic E-state index is 0.104. The highest BCUT2D eigenvalue weighted by Gasteiger charge is 2.27. The molecule has 3 aromatic rings. The van der Waals surface area contributed by atoms with Gasteiger partial charge in [0.05, 0.1) is 10.6 Å². The van der Waals surface area contributed by atoms with E-state index in [0.29, 0.717) is 16.9 Å². The van der Waals surface area contributed by atoms with Crippen LogP contribution in [0.15, 0.2) is 71.6 Å². The molecular weight excluding hydrogens is 424 g/mol. The van der Waals surface area contributed by atoms with E-state index in [0.717, 1.165) is 21.0 Å². The summed E-state index contributed by atoms with van der Waals surface area (Å²) < 4.78 is 28.1. The van der Waals surface area contributed by atoms with Crippen LogP contribution in [0.5, 0.6) is 0 Å². The molecule has 0 aliphatic rings. The fourth-order valence-corrected chi connectivity index (χ4v) is 4.59. The molecule has 0 spiro atoms. The lowest BCUT2D eigenvalue weighted by Gasteiger charge is -2.25. The van der Waals surface area contributed by atoms with Crippen LogP contribution in [0.25, 0.3) is 0 Å². The predicted octanol–water partition coefficient (Wildman–Crippen LogP) is 4.65. The molecule has 0 fully saturated rings. The Labute approximate surface area is 188 Å². The van der Waals surface area contributed by atoms with Crippen LogP contribution >= 0.6 is 0 Å². The number of Topliss-reactive ketones (excluding diaryl/α,β-unsaturated/α-hetero) is 1. The second-order valence-electron chi connectivity index (χ2n) is 7.78. The van der Waals surface area contributed by atoms with E-state index >= 15 is 0 Å². The number of hydrogen-bond donors (Lipinski definition) is 1. The number of ketones is 1. The summed E-state index contributed by atoms with van der Waals surface area (Å²) in [4.78, 5) is 24.6. The maximum Gasteiger partial charge on any atom is 0.264 e. The number of aryl methyl sites for hydroxylation is 3. The molecule has 0 heterocycles. The minimum atomic E-state index is -3.99. The quantitative estimate of drug-likeness (QED) is 0.531. The van der Waals surface area contributed by atoms with Gasteiger partial charge in [-0.3, -0.25) is 13.9 Å². The van der Waals surface area contributed by atoms with Crippen LogP contribution < -0.4 is 9.62 Å². The van der Waals surface area contributed by atoms with Crippen molar-refractivity contribution < 1.29 is 18.0 Å². The fourth-order valence-electron chi connectivity index (χ4n) is 3.18. The van der Waals surface area contributed by atoms with Crippen LogP contribution in [0.4, 0.5) is 11.4 Å². The molecule has 0 atom stereocenters. The van der Waals surface area contributed by atoms with E-state index in [4.69, 9.17) is 0 Å². The summed E-state index contributed by atoms with van der Waals surface area (Å²) in [6.07, 6.45) is 0. The first kappa shape index (κ1) is 23.2. The van der Waals surface area contributed by atoms with E-state index in [-0.39, 0.29) is 10.7 Å². The molecule has 0 radical (unpaired) electrons. The Morgan fingerprint density at radius 1 is 0.875 bits per heavy atom. The first-order valence-corrected chi connectivity index (χ1v) is 11.6. The zero-order valence-electron chi connectivity index (χ0n) is 18.5. The van der Waals surface area contributed by atoms with E-state index < -0.39 is 22.5 Å². The molecule has 1 N–H and O–H groups in total. The molecule has 0 unspecified atom stereocenters. The lowest BCUT2D eigenvalue weighted by molar-refractivity contribution is -0.114. The average molecular weight is 451 g/mol. The number of carbonyl (C=O) groups is 2. The highest BCUT2D eigenvalue weighted by atomic mass is 32.2. The van der Waals surface area contributed by atoms with Crippen molar-refractivity contribution in [2.45, 2.75) is 32.6 Å². The molecule has 6 nitrogen and oxygen atoms in total. The van der Waals surface area contributed by atoms with Crippen molar-refractivity contribution in [3.63, 3.8) is 0 Å². The Kier molecular flexibility index (Phi) is 6.79. The maximum absolute atomic E-state index is 13.5. The summed E-state index contributed by atoms with van der Waals surface area (Å²) in [5.74, 6) is -0.639. The van der Waals surface area contributed by atoms with Gasteiger partial charge in [0, 0.05) is 11.3 Å². The second-order valence-corrected chi connectivity index (χ2v) is 9.64. The zero-order chi connectivity index (χ0) is 23.5. The average Bonchev–Trinajstić information content (AvgIpc) is 2.74. The SMILES string of the molecule is CC(=O)c1cccc(NC(=O)CN(c2ccc(C)c(C)c2)S(=O)(=O)c2ccc(C)cc2)c1. The highest BCUT2D eigenvalue weighted by Crippen LogP contribution is 2.26. The number of sulfonamides is 1. The maximum atomic E-state index is 13.5. The van der Waals surface area contributed by atoms with Gasteiger partial charge in [-0.2, -0.15) is 0 Å². The Bertz CT molecular complexity index is 1270. The van der Waals surface area contributed by atoms with E-state index in [9.17, 15) is 18.0 Å². The summed E-state index contributed by atoms with van der Waals surface area (Å²) in [6, 6.07) is 18.3. The predicted molar refractivity (Wildman–Crippen MR) is 127 cm³/mol. The Balaban J connectivity index is 1.96. The fraction of sp³-hybridized carbons (Fsp3) is 0.200. The van der Waals surface area contributed by atoms with E-state index in [1.165, 1.54) is 19.1 Å². The summed E-state index contributed by atoms with van der Waals surface area (Å²) in [5, 5.41) is 2.70. The third kappa shape index (κ3) is 5.23. The molecule has 0 aliphatic heterocycles. The Morgan fingerprint density at radius 2 is 1.56 bits per heavy atom. The Hall–Kier alpha value is -3.45. The van der Waals surface area contributed by atoms with E-state index in [1.54, 1.807) is 48.5 Å². The van der Waals surface area contributed by atoms with Crippen LogP contribution in [-0.4, -0.2) is 26.7 Å². The number of benzene rings is 3. The lowest BCUT2D eigenvalue weighted by atomic mass is 10.1. The summed E-state index contributed by atoms with van der Waals surface area (Å²) in [5.41, 5.74) is 4.16. The van der Waals surface area contributed by atoms with Crippen LogP contribution in [0, 0.1) is 20.8 Å². The topological polar surface area (TPSA) is 83.6 Å². The number of nitrogens with one attached hydrogen (secondary N) is 1. The highest BCUT2D eigenvalue weighted by molar-refractivity contribution is 7.92. The van der Waals surface area contributed by atoms with Gasteiger partial charge in [-0.15, -0.1) is 0 Å². The third-order valence-electron chi connectivity index (χ3n) is 5.23. The molecule has 7 heteroatoms. The molecule has 0 aromatic heterocycles. The molecule has 32 heavy (non-hydrogen) atoms. The smallest absolute Gasteiger partial charge is 0.264 e. The van der Waals surface area contributed by atoms with Gasteiger partial charge in [0.15, 0.2) is 5.78 Å². The second kappa shape index (κ2) is 9.36. The summed E-state index contributed by atoms with van der Waals surface area (Å²) in [7, 11) is -3.99. The molecule has 166 valence electrons. The minimum Gasteiger partial charge on any atom is -0.324 e. The molecular formula is C25H26N2O4S. The van der Waals surface area contributed by atoms with Crippen molar-refractivity contribution in [2.24, 2.45) is 0 Å². The van der Waals surface area contributed by atoms with Gasteiger partial charge in [-0.05, 0) is 75.2 Å². The van der Waals surface area contributed by atoms with Crippen molar-refractivity contribution in [3.8, 4) is 0 Å². The van der Waals surface area contributed by atoms with Crippen molar-refractivity contribution in [1.29, 1.82) is 0 Å². The number of rotatable bonds is 7. The van der Waals surface area contributed by atoms with Crippen LogP contribution in [0.1, 0.15) is 34.0 Å². The van der Waals surface area contributed by atoms with Crippen molar-refractivity contribution in [1.82, 2.24) is 0 Å². The monoisotopic (exact) mass is 450 g/mol. The summed E-state index contributed by atoms with van der Waals surface area (Å²) >= 11 is 0. The van der Waals surface area contributed by atoms with Crippen LogP contribution in [0.2, 0.25) is 0 Å². The molecule has 0 saturated carbocycles. The van der Waals surface area contributed by atoms with Gasteiger partial charge < -0.3 is 5.32 Å². The van der Waals surface area contributed by atoms with Crippen molar-refractivity contribution in [3.05, 3.63) is 89.0 Å². The standard InChI is InChI=1S/C25H26N2O4S/c1-17-8-12-24(13-9-17)32(30,31)27(23-11-10-18(2)19(3)14-23)16-25(29)26-22-7-5-6-21(15-22)20(4)28/h5-15H,16H2,1-4H3,(H,26,29). The largest absolute Gasteiger partial charge is 0.324 e. The van der Waals surface area contributed by atoms with Gasteiger partial charge in [0.2, 0.25) is 5.91 Å². The van der Waals surface area contributed by atoms with Crippen molar-refractivity contribution in [2.75, 3.05) is 16.2 Å². The van der Waals surface area contributed by atoms with Gasteiger partial charge >= 0.3 is 0 Å². The number of anilines is 2. The zero-order valence-corrected chi connectivity index (χ0v) is 19.4. The van der Waals surface area contributed by atoms with Gasteiger partial charge in [0.1, 0.15) is 6.54 Å². The van der Waals surface area contributed by atoms with Gasteiger partial charge in [-0.25, -0.2) is 8.42 Å². The van der Waals surface area contributed by atoms with E-state index in [2.05, 4.69) is 5.32 Å². The van der Waals surface area contributed by atoms with Gasteiger partial charge in [0.25, 0.3) is 10.0 Å². The molecule has 3 aromatic carbocycles. The Morgan fingerprint density at radius 3 is 2.19 bits per heavy atom. The summed E-state index contributed by atoms with van der Waals surface area (Å²) in [6.45, 7) is 6.73. The van der Waals surface area contributed by atoms with E-state index in [1.807, 2.05) is 26.8 Å². The molecule has 0 bridgehead atoms. The molecule has 1 amide bonds. The molecule has 0 saturated heterocycles. The third-order valence-corrected chi connectivity index (χ3v) is 7.02. The first-order valence-electron chi connectivity index (χ1n) is 10.2. The van der Waals surface area contributed by atoms with Gasteiger partial charge in [-0.1, -0.05) is 35.9 Å². The molecule has 3 rings (SSSR count). The number of nitrogens with zero attached hydrogens (tertiary/aromatic N) is 1. The van der Waals surface area contributed by atoms with Crippen LogP contribution in [0.3, 0.4) is 0 Å². The number of amides is 1. The first-order chi connectivity index (χ1) is 15.1. The normalized spacial score (nSPS) is 11.1. The molecule has 0 aliphatic carbocycles. The number of carbonyl (C=O) groups excluding carboxylic acids is 2. The number of hydrogen-bond acceptors (Lipinski definition) is 4. The van der Waals surface area contributed by atoms with Crippen LogP contribution in [-0.2, 0) is 14.8 Å².